The van der Waals surface area contributed by atoms with Crippen LogP contribution in [0.5, 0.6) is 0 Å². The quantitative estimate of drug-likeness (QED) is 0.510. The van der Waals surface area contributed by atoms with Gasteiger partial charge in [0.25, 0.3) is 0 Å². The molecular weight excluding hydrogens is 300 g/mol. The molecule has 0 atom stereocenters. The van der Waals surface area contributed by atoms with E-state index in [0.29, 0.717) is 0 Å². The minimum atomic E-state index is -0.0261. The number of aryl methyl sites for hydroxylation is 2. The number of hydrogen-bond donors (Lipinski definition) is 0. The molecule has 0 aliphatic heterocycles. The van der Waals surface area contributed by atoms with Gasteiger partial charge in [-0.15, -0.1) is 0 Å². The molecule has 1 aliphatic carbocycles. The molecule has 1 aliphatic rings. The predicted octanol–water partition coefficient (Wildman–Crippen LogP) is 6.83. The van der Waals surface area contributed by atoms with E-state index in [2.05, 4.69) is 87.7 Å². The van der Waals surface area contributed by atoms with Crippen LogP contribution in [-0.2, 0) is 5.41 Å². The molecule has 0 unspecified atom stereocenters. The molecule has 0 nitrogen and oxygen atoms in total. The summed E-state index contributed by atoms with van der Waals surface area (Å²) in [7, 11) is 0. The minimum Gasteiger partial charge on any atom is -0.0991 e. The van der Waals surface area contributed by atoms with Gasteiger partial charge in [0.15, 0.2) is 0 Å². The summed E-state index contributed by atoms with van der Waals surface area (Å²) in [5.41, 5.74) is 8.23. The molecule has 0 saturated heterocycles. The second-order valence-corrected chi connectivity index (χ2v) is 6.92. The molecule has 0 heterocycles. The van der Waals surface area contributed by atoms with E-state index in [4.69, 9.17) is 0 Å². The summed E-state index contributed by atoms with van der Waals surface area (Å²) in [6.07, 6.45) is 14.3. The van der Waals surface area contributed by atoms with Gasteiger partial charge in [-0.2, -0.15) is 0 Å². The van der Waals surface area contributed by atoms with Gasteiger partial charge in [-0.3, -0.25) is 0 Å². The van der Waals surface area contributed by atoms with E-state index in [-0.39, 0.29) is 5.41 Å². The second-order valence-electron chi connectivity index (χ2n) is 6.92. The molecule has 0 aromatic heterocycles. The Morgan fingerprint density at radius 1 is 0.760 bits per heavy atom. The van der Waals surface area contributed by atoms with Gasteiger partial charge in [0.2, 0.25) is 0 Å². The molecule has 25 heavy (non-hydrogen) atoms. The Labute approximate surface area is 151 Å². The molecule has 0 heteroatoms. The molecule has 0 fully saturated rings. The first-order valence-corrected chi connectivity index (χ1v) is 8.90. The lowest BCUT2D eigenvalue weighted by Gasteiger charge is -2.30. The Bertz CT molecular complexity index is 788. The Morgan fingerprint density at radius 2 is 1.20 bits per heavy atom. The van der Waals surface area contributed by atoms with Crippen LogP contribution < -0.4 is 0 Å². The molecule has 0 radical (unpaired) electrons. The van der Waals surface area contributed by atoms with E-state index in [9.17, 15) is 0 Å². The highest BCUT2D eigenvalue weighted by Gasteiger charge is 2.41. The molecular formula is C25H26. The van der Waals surface area contributed by atoms with Crippen molar-refractivity contribution < 1.29 is 0 Å². The van der Waals surface area contributed by atoms with Gasteiger partial charge < -0.3 is 0 Å². The van der Waals surface area contributed by atoms with Crippen molar-refractivity contribution in [1.82, 2.24) is 0 Å². The summed E-state index contributed by atoms with van der Waals surface area (Å²) in [5, 5.41) is 0. The van der Waals surface area contributed by atoms with Crippen LogP contribution in [0.25, 0.3) is 11.1 Å². The van der Waals surface area contributed by atoms with Gasteiger partial charge in [-0.25, -0.2) is 0 Å². The molecule has 0 N–H and O–H groups in total. The van der Waals surface area contributed by atoms with E-state index in [1.807, 2.05) is 12.2 Å². The average Bonchev–Trinajstić information content (AvgIpc) is 2.85. The van der Waals surface area contributed by atoms with E-state index in [0.717, 1.165) is 12.8 Å². The zero-order chi connectivity index (χ0) is 17.9. The van der Waals surface area contributed by atoms with Crippen LogP contribution in [-0.4, -0.2) is 0 Å². The highest BCUT2D eigenvalue weighted by Crippen LogP contribution is 2.53. The smallest absolute Gasteiger partial charge is 0.0284 e. The van der Waals surface area contributed by atoms with Gasteiger partial charge in [0.1, 0.15) is 0 Å². The zero-order valence-electron chi connectivity index (χ0n) is 15.3. The molecule has 0 spiro atoms. The van der Waals surface area contributed by atoms with Crippen molar-refractivity contribution in [1.29, 1.82) is 0 Å². The summed E-state index contributed by atoms with van der Waals surface area (Å²) in [6, 6.07) is 13.8. The van der Waals surface area contributed by atoms with Crippen LogP contribution in [0.15, 0.2) is 86.0 Å². The lowest BCUT2D eigenvalue weighted by atomic mass is 9.72. The summed E-state index contributed by atoms with van der Waals surface area (Å²) in [4.78, 5) is 0. The predicted molar refractivity (Wildman–Crippen MR) is 110 cm³/mol. The highest BCUT2D eigenvalue weighted by molar-refractivity contribution is 5.82. The van der Waals surface area contributed by atoms with Crippen molar-refractivity contribution >= 4 is 0 Å². The largest absolute Gasteiger partial charge is 0.0991 e. The van der Waals surface area contributed by atoms with E-state index in [1.54, 1.807) is 0 Å². The fourth-order valence-corrected chi connectivity index (χ4v) is 3.98. The first-order valence-electron chi connectivity index (χ1n) is 8.90. The first kappa shape index (κ1) is 17.2. The summed E-state index contributed by atoms with van der Waals surface area (Å²) < 4.78 is 0. The number of hydrogen-bond acceptors (Lipinski definition) is 0. The van der Waals surface area contributed by atoms with Gasteiger partial charge in [0, 0.05) is 5.41 Å². The van der Waals surface area contributed by atoms with Gasteiger partial charge in [-0.1, -0.05) is 97.1 Å². The molecule has 0 saturated carbocycles. The average molecular weight is 326 g/mol. The van der Waals surface area contributed by atoms with Crippen LogP contribution in [0.2, 0.25) is 0 Å². The normalized spacial score (nSPS) is 14.6. The van der Waals surface area contributed by atoms with Crippen LogP contribution in [0.1, 0.15) is 35.1 Å². The van der Waals surface area contributed by atoms with Crippen molar-refractivity contribution in [3.05, 3.63) is 108 Å². The maximum absolute atomic E-state index is 3.83. The van der Waals surface area contributed by atoms with Crippen LogP contribution in [0.4, 0.5) is 0 Å². The Morgan fingerprint density at radius 3 is 1.60 bits per heavy atom. The lowest BCUT2D eigenvalue weighted by Crippen LogP contribution is -2.24. The highest BCUT2D eigenvalue weighted by atomic mass is 14.4. The van der Waals surface area contributed by atoms with E-state index in [1.165, 1.54) is 33.4 Å². The third kappa shape index (κ3) is 3.05. The van der Waals surface area contributed by atoms with Gasteiger partial charge in [0.05, 0.1) is 0 Å². The fourth-order valence-electron chi connectivity index (χ4n) is 3.98. The Hall–Kier alpha value is -2.60. The maximum Gasteiger partial charge on any atom is 0.0284 e. The molecule has 126 valence electrons. The standard InChI is InChI=1S/C25H26/c1-5-7-9-15-25(16-10-8-6-2)23-17-19(3)11-13-21(23)22-14-12-20(4)18-24(22)25/h5-14,17-18H,1-2,15-16H2,3-4H3/b9-7+,10-8+. The van der Waals surface area contributed by atoms with Crippen molar-refractivity contribution in [2.24, 2.45) is 0 Å². The van der Waals surface area contributed by atoms with Crippen molar-refractivity contribution in [3.63, 3.8) is 0 Å². The SMILES string of the molecule is C=C/C=C/CC1(C/C=C/C=C)c2cc(C)ccc2-c2ccc(C)cc21. The minimum absolute atomic E-state index is 0.0261. The lowest BCUT2D eigenvalue weighted by molar-refractivity contribution is 0.541. The first-order chi connectivity index (χ1) is 12.1. The Kier molecular flexibility index (Phi) is 4.90. The monoisotopic (exact) mass is 326 g/mol. The van der Waals surface area contributed by atoms with Crippen LogP contribution >= 0.6 is 0 Å². The fraction of sp³-hybridized carbons (Fsp3) is 0.200. The van der Waals surface area contributed by atoms with Crippen LogP contribution in [0.3, 0.4) is 0 Å². The summed E-state index contributed by atoms with van der Waals surface area (Å²) >= 11 is 0. The molecule has 0 bridgehead atoms. The number of benzene rings is 2. The molecule has 2 aromatic rings. The number of allylic oxidation sites excluding steroid dienone is 6. The van der Waals surface area contributed by atoms with E-state index < -0.39 is 0 Å². The van der Waals surface area contributed by atoms with Crippen LogP contribution in [0, 0.1) is 13.8 Å². The summed E-state index contributed by atoms with van der Waals surface area (Å²) in [6.45, 7) is 12.0. The maximum atomic E-state index is 3.83. The zero-order valence-corrected chi connectivity index (χ0v) is 15.3. The second kappa shape index (κ2) is 7.11. The number of fused-ring (bicyclic) bond motifs is 3. The van der Waals surface area contributed by atoms with Gasteiger partial charge in [-0.05, 0) is 48.9 Å². The topological polar surface area (TPSA) is 0 Å². The van der Waals surface area contributed by atoms with Crippen molar-refractivity contribution in [2.45, 2.75) is 32.1 Å². The van der Waals surface area contributed by atoms with E-state index >= 15 is 0 Å². The Balaban J connectivity index is 2.26. The van der Waals surface area contributed by atoms with Gasteiger partial charge >= 0.3 is 0 Å². The molecule has 0 amide bonds. The molecule has 3 rings (SSSR count). The third-order valence-corrected chi connectivity index (χ3v) is 5.15. The molecule has 2 aromatic carbocycles. The third-order valence-electron chi connectivity index (χ3n) is 5.15. The van der Waals surface area contributed by atoms with Crippen molar-refractivity contribution in [3.8, 4) is 11.1 Å². The number of rotatable bonds is 6. The van der Waals surface area contributed by atoms with Crippen molar-refractivity contribution in [2.75, 3.05) is 0 Å². The summed E-state index contributed by atoms with van der Waals surface area (Å²) in [5.74, 6) is 0.